The summed E-state index contributed by atoms with van der Waals surface area (Å²) in [5, 5.41) is 14.7. The molecule has 2 aliphatic rings. The molecule has 0 bridgehead atoms. The van der Waals surface area contributed by atoms with Crippen molar-refractivity contribution in [3.63, 3.8) is 0 Å². The molecule has 2 heterocycles. The van der Waals surface area contributed by atoms with Gasteiger partial charge in [-0.05, 0) is 57.2 Å². The molecule has 1 saturated heterocycles. The Kier molecular flexibility index (Phi) is 5.11. The van der Waals surface area contributed by atoms with Crippen molar-refractivity contribution in [1.29, 1.82) is 0 Å². The van der Waals surface area contributed by atoms with Gasteiger partial charge in [-0.2, -0.15) is 5.10 Å². The van der Waals surface area contributed by atoms with Crippen LogP contribution in [0.1, 0.15) is 58.6 Å². The minimum atomic E-state index is -0.144. The summed E-state index contributed by atoms with van der Waals surface area (Å²) < 4.78 is 1.66. The van der Waals surface area contributed by atoms with Gasteiger partial charge in [-0.15, -0.1) is 0 Å². The maximum Gasteiger partial charge on any atom is 0.266 e. The van der Waals surface area contributed by atoms with Crippen LogP contribution in [-0.2, 0) is 12.0 Å². The van der Waals surface area contributed by atoms with Gasteiger partial charge in [0.15, 0.2) is 0 Å². The van der Waals surface area contributed by atoms with E-state index in [9.17, 15) is 9.90 Å². The number of hydrogen-bond donors (Lipinski definition) is 1. The Morgan fingerprint density at radius 2 is 1.88 bits per heavy atom. The normalized spacial score (nSPS) is 26.8. The summed E-state index contributed by atoms with van der Waals surface area (Å²) in [5.74, 6) is 0.500. The third-order valence-electron chi connectivity index (χ3n) is 5.63. The van der Waals surface area contributed by atoms with Crippen molar-refractivity contribution in [2.45, 2.75) is 77.0 Å². The summed E-state index contributed by atoms with van der Waals surface area (Å²) >= 11 is 0. The van der Waals surface area contributed by atoms with Gasteiger partial charge >= 0.3 is 0 Å². The summed E-state index contributed by atoms with van der Waals surface area (Å²) in [6, 6.07) is 3.86. The van der Waals surface area contributed by atoms with Gasteiger partial charge in [0.05, 0.1) is 11.8 Å². The molecule has 2 unspecified atom stereocenters. The van der Waals surface area contributed by atoms with Gasteiger partial charge in [0, 0.05) is 24.1 Å². The van der Waals surface area contributed by atoms with Crippen LogP contribution >= 0.6 is 0 Å². The molecular formula is C19H31N3O2. The number of piperidine rings is 1. The molecule has 0 amide bonds. The van der Waals surface area contributed by atoms with E-state index in [1.54, 1.807) is 10.7 Å². The zero-order valence-electron chi connectivity index (χ0n) is 15.2. The van der Waals surface area contributed by atoms with Gasteiger partial charge in [-0.1, -0.05) is 20.8 Å². The van der Waals surface area contributed by atoms with E-state index in [0.29, 0.717) is 18.5 Å². The van der Waals surface area contributed by atoms with Crippen molar-refractivity contribution in [3.8, 4) is 0 Å². The summed E-state index contributed by atoms with van der Waals surface area (Å²) in [7, 11) is 0. The van der Waals surface area contributed by atoms with Gasteiger partial charge < -0.3 is 5.11 Å². The first-order chi connectivity index (χ1) is 11.3. The molecule has 1 aliphatic heterocycles. The molecule has 24 heavy (non-hydrogen) atoms. The molecule has 0 aromatic carbocycles. The van der Waals surface area contributed by atoms with Crippen LogP contribution in [-0.4, -0.2) is 45.0 Å². The molecule has 2 atom stereocenters. The lowest BCUT2D eigenvalue weighted by atomic mass is 9.92. The molecule has 0 spiro atoms. The van der Waals surface area contributed by atoms with Crippen LogP contribution in [0.5, 0.6) is 0 Å². The number of nitrogens with zero attached hydrogens (tertiary/aromatic N) is 3. The third kappa shape index (κ3) is 3.89. The highest BCUT2D eigenvalue weighted by Crippen LogP contribution is 2.28. The van der Waals surface area contributed by atoms with E-state index in [0.717, 1.165) is 50.9 Å². The quantitative estimate of drug-likeness (QED) is 0.921. The summed E-state index contributed by atoms with van der Waals surface area (Å²) in [6.45, 7) is 9.13. The average molecular weight is 333 g/mol. The van der Waals surface area contributed by atoms with E-state index < -0.39 is 0 Å². The van der Waals surface area contributed by atoms with E-state index in [2.05, 4.69) is 30.8 Å². The molecular weight excluding hydrogens is 302 g/mol. The molecule has 3 rings (SSSR count). The first-order valence-electron chi connectivity index (χ1n) is 9.35. The Morgan fingerprint density at radius 3 is 2.46 bits per heavy atom. The molecule has 1 aromatic heterocycles. The van der Waals surface area contributed by atoms with Crippen LogP contribution in [0.15, 0.2) is 16.9 Å². The van der Waals surface area contributed by atoms with E-state index >= 15 is 0 Å². The molecule has 134 valence electrons. The second-order valence-electron chi connectivity index (χ2n) is 8.53. The second kappa shape index (κ2) is 6.96. The van der Waals surface area contributed by atoms with E-state index in [-0.39, 0.29) is 17.1 Å². The fourth-order valence-electron chi connectivity index (χ4n) is 4.04. The Hall–Kier alpha value is -1.20. The van der Waals surface area contributed by atoms with Gasteiger partial charge in [0.2, 0.25) is 0 Å². The average Bonchev–Trinajstić information content (AvgIpc) is 2.95. The number of rotatable bonds is 3. The molecule has 1 aromatic rings. The maximum absolute atomic E-state index is 12.1. The largest absolute Gasteiger partial charge is 0.391 e. The monoisotopic (exact) mass is 333 g/mol. The van der Waals surface area contributed by atoms with E-state index in [1.165, 1.54) is 0 Å². The third-order valence-corrected chi connectivity index (χ3v) is 5.63. The lowest BCUT2D eigenvalue weighted by Gasteiger charge is -2.37. The molecule has 1 saturated carbocycles. The fourth-order valence-corrected chi connectivity index (χ4v) is 4.04. The number of aliphatic hydroxyl groups is 1. The first-order valence-corrected chi connectivity index (χ1v) is 9.35. The summed E-state index contributed by atoms with van der Waals surface area (Å²) in [4.78, 5) is 14.6. The zero-order chi connectivity index (χ0) is 17.3. The summed E-state index contributed by atoms with van der Waals surface area (Å²) in [5.41, 5.74) is 0.919. The van der Waals surface area contributed by atoms with Crippen molar-refractivity contribution in [3.05, 3.63) is 28.2 Å². The van der Waals surface area contributed by atoms with E-state index in [4.69, 9.17) is 0 Å². The molecule has 0 radical (unpaired) electrons. The van der Waals surface area contributed by atoms with Crippen molar-refractivity contribution in [2.75, 3.05) is 13.1 Å². The summed E-state index contributed by atoms with van der Waals surface area (Å²) in [6.07, 6.45) is 5.23. The Morgan fingerprint density at radius 1 is 1.17 bits per heavy atom. The zero-order valence-corrected chi connectivity index (χ0v) is 15.2. The number of aliphatic hydroxyl groups excluding tert-OH is 1. The fraction of sp³-hybridized carbons (Fsp3) is 0.789. The maximum atomic E-state index is 12.1. The predicted octanol–water partition coefficient (Wildman–Crippen LogP) is 2.17. The lowest BCUT2D eigenvalue weighted by Crippen LogP contribution is -2.45. The molecule has 2 fully saturated rings. The predicted molar refractivity (Wildman–Crippen MR) is 95.1 cm³/mol. The standard InChI is InChI=1S/C19H31N3O2/c1-19(2,3)17-7-8-18(24)22(20-17)13-14-9-11-21(12-10-14)15-5-4-6-16(15)23/h7-8,14-16,23H,4-6,9-13H2,1-3H3. The molecule has 5 nitrogen and oxygen atoms in total. The van der Waals surface area contributed by atoms with Crippen LogP contribution in [0.2, 0.25) is 0 Å². The van der Waals surface area contributed by atoms with Gasteiger partial charge in [0.1, 0.15) is 0 Å². The molecule has 1 aliphatic carbocycles. The highest BCUT2D eigenvalue weighted by atomic mass is 16.3. The SMILES string of the molecule is CC(C)(C)c1ccc(=O)n(CC2CCN(C3CCCC3O)CC2)n1. The van der Waals surface area contributed by atoms with Gasteiger partial charge in [-0.3, -0.25) is 9.69 Å². The van der Waals surface area contributed by atoms with Crippen molar-refractivity contribution >= 4 is 0 Å². The van der Waals surface area contributed by atoms with Crippen LogP contribution in [0, 0.1) is 5.92 Å². The van der Waals surface area contributed by atoms with E-state index in [1.807, 2.05) is 6.07 Å². The Balaban J connectivity index is 1.61. The minimum Gasteiger partial charge on any atom is -0.391 e. The van der Waals surface area contributed by atoms with Crippen LogP contribution in [0.3, 0.4) is 0 Å². The smallest absolute Gasteiger partial charge is 0.266 e. The lowest BCUT2D eigenvalue weighted by molar-refractivity contribution is 0.0455. The first kappa shape index (κ1) is 17.6. The Bertz CT molecular complexity index is 612. The highest BCUT2D eigenvalue weighted by Gasteiger charge is 2.33. The van der Waals surface area contributed by atoms with Crippen LogP contribution in [0.25, 0.3) is 0 Å². The molecule has 1 N–H and O–H groups in total. The number of hydrogen-bond acceptors (Lipinski definition) is 4. The minimum absolute atomic E-state index is 0.00311. The second-order valence-corrected chi connectivity index (χ2v) is 8.53. The molecule has 5 heteroatoms. The Labute approximate surface area is 144 Å². The number of aromatic nitrogens is 2. The van der Waals surface area contributed by atoms with Crippen molar-refractivity contribution < 1.29 is 5.11 Å². The van der Waals surface area contributed by atoms with Crippen molar-refractivity contribution in [2.24, 2.45) is 5.92 Å². The highest BCUT2D eigenvalue weighted by molar-refractivity contribution is 5.10. The van der Waals surface area contributed by atoms with Crippen LogP contribution in [0.4, 0.5) is 0 Å². The van der Waals surface area contributed by atoms with Gasteiger partial charge in [-0.25, -0.2) is 4.68 Å². The van der Waals surface area contributed by atoms with Crippen LogP contribution < -0.4 is 5.56 Å². The van der Waals surface area contributed by atoms with Gasteiger partial charge in [0.25, 0.3) is 5.56 Å². The number of likely N-dealkylation sites (tertiary alicyclic amines) is 1. The topological polar surface area (TPSA) is 58.4 Å². The van der Waals surface area contributed by atoms with Crippen molar-refractivity contribution in [1.82, 2.24) is 14.7 Å².